The zero-order chi connectivity index (χ0) is 22.2. The molecule has 31 heavy (non-hydrogen) atoms. The Bertz CT molecular complexity index is 999. The Balaban J connectivity index is 1.70. The van der Waals surface area contributed by atoms with Crippen LogP contribution in [0.1, 0.15) is 11.6 Å². The van der Waals surface area contributed by atoms with Crippen molar-refractivity contribution in [2.45, 2.75) is 6.04 Å². The third kappa shape index (κ3) is 6.47. The molecule has 0 aliphatic heterocycles. The van der Waals surface area contributed by atoms with E-state index in [1.54, 1.807) is 25.3 Å². The van der Waals surface area contributed by atoms with Gasteiger partial charge in [0.2, 0.25) is 0 Å². The van der Waals surface area contributed by atoms with Crippen molar-refractivity contribution in [2.75, 3.05) is 32.6 Å². The topological polar surface area (TPSA) is 52.0 Å². The maximum absolute atomic E-state index is 13.2. The fourth-order valence-corrected chi connectivity index (χ4v) is 3.79. The van der Waals surface area contributed by atoms with Crippen LogP contribution in [0.25, 0.3) is 0 Å². The molecule has 0 aliphatic carbocycles. The summed E-state index contributed by atoms with van der Waals surface area (Å²) >= 11 is 9.63. The van der Waals surface area contributed by atoms with Gasteiger partial charge in [-0.05, 0) is 42.5 Å². The summed E-state index contributed by atoms with van der Waals surface area (Å²) in [4.78, 5) is 14.3. The fourth-order valence-electron chi connectivity index (χ4n) is 3.27. The number of methoxy groups -OCH3 is 1. The van der Waals surface area contributed by atoms with Gasteiger partial charge in [-0.3, -0.25) is 4.79 Å². The van der Waals surface area contributed by atoms with Gasteiger partial charge >= 0.3 is 0 Å². The van der Waals surface area contributed by atoms with E-state index in [0.29, 0.717) is 29.6 Å². The average Bonchev–Trinajstić information content (AvgIpc) is 2.76. The smallest absolute Gasteiger partial charge is 0.287 e. The van der Waals surface area contributed by atoms with Gasteiger partial charge in [0.15, 0.2) is 6.04 Å². The van der Waals surface area contributed by atoms with E-state index < -0.39 is 6.04 Å². The molecule has 0 aliphatic rings. The van der Waals surface area contributed by atoms with Crippen molar-refractivity contribution in [3.05, 3.63) is 87.9 Å². The summed E-state index contributed by atoms with van der Waals surface area (Å²) in [6, 6.07) is 22.2. The Morgan fingerprint density at radius 1 is 1.10 bits per heavy atom. The molecule has 1 unspecified atom stereocenters. The molecule has 3 aromatic rings. The molecular formula is C24H25BrClN2O3+. The number of hydrogen-bond donors (Lipinski definition) is 2. The normalized spacial score (nSPS) is 12.6. The van der Waals surface area contributed by atoms with Crippen LogP contribution in [-0.4, -0.2) is 33.2 Å². The number of nitrogens with one attached hydrogen (secondary N) is 2. The Morgan fingerprint density at radius 3 is 2.45 bits per heavy atom. The number of carbonyl (C=O) groups is 1. The molecular weight excluding hydrogens is 480 g/mol. The van der Waals surface area contributed by atoms with Gasteiger partial charge in [-0.25, -0.2) is 0 Å². The molecule has 0 fully saturated rings. The number of ether oxygens (including phenoxy) is 2. The largest absolute Gasteiger partial charge is 0.495 e. The van der Waals surface area contributed by atoms with Gasteiger partial charge in [0.25, 0.3) is 5.91 Å². The third-order valence-electron chi connectivity index (χ3n) is 4.89. The number of likely N-dealkylation sites (N-methyl/N-ethyl adjacent to an activating group) is 1. The van der Waals surface area contributed by atoms with Crippen LogP contribution < -0.4 is 19.7 Å². The molecule has 3 aromatic carbocycles. The van der Waals surface area contributed by atoms with Gasteiger partial charge < -0.3 is 19.7 Å². The molecule has 1 amide bonds. The molecule has 7 heteroatoms. The van der Waals surface area contributed by atoms with Gasteiger partial charge in [-0.2, -0.15) is 0 Å². The highest BCUT2D eigenvalue weighted by Crippen LogP contribution is 2.27. The monoisotopic (exact) mass is 503 g/mol. The average molecular weight is 505 g/mol. The van der Waals surface area contributed by atoms with Gasteiger partial charge in [-0.15, -0.1) is 0 Å². The molecule has 0 bridgehead atoms. The predicted octanol–water partition coefficient (Wildman–Crippen LogP) is 4.38. The standard InChI is InChI=1S/C24H24BrClN2O3/c1-28(14-15-31-20-11-8-18(25)9-12-20)23(17-6-4-3-5-7-17)24(29)27-19-10-13-22(30-2)21(26)16-19/h3-13,16,23H,14-15H2,1-2H3,(H,27,29)/p+1/t23-/m1/s1. The van der Waals surface area contributed by atoms with E-state index in [9.17, 15) is 4.79 Å². The second-order valence-corrected chi connectivity index (χ2v) is 8.40. The quantitative estimate of drug-likeness (QED) is 0.455. The molecule has 162 valence electrons. The molecule has 3 rings (SSSR count). The van der Waals surface area contributed by atoms with Crippen LogP contribution in [0.4, 0.5) is 5.69 Å². The lowest BCUT2D eigenvalue weighted by Crippen LogP contribution is -3.11. The lowest BCUT2D eigenvalue weighted by molar-refractivity contribution is -0.902. The maximum atomic E-state index is 13.2. The first-order valence-corrected chi connectivity index (χ1v) is 11.0. The summed E-state index contributed by atoms with van der Waals surface area (Å²) in [5.41, 5.74) is 1.55. The number of halogens is 2. The number of rotatable bonds is 9. The molecule has 0 saturated heterocycles. The zero-order valence-electron chi connectivity index (χ0n) is 17.4. The first kappa shape index (κ1) is 23.1. The molecule has 0 spiro atoms. The zero-order valence-corrected chi connectivity index (χ0v) is 19.7. The minimum absolute atomic E-state index is 0.117. The number of quaternary nitrogens is 1. The van der Waals surface area contributed by atoms with Crippen LogP contribution in [0.3, 0.4) is 0 Å². The van der Waals surface area contributed by atoms with Gasteiger partial charge in [0.1, 0.15) is 24.7 Å². The number of anilines is 1. The van der Waals surface area contributed by atoms with Crippen molar-refractivity contribution in [1.29, 1.82) is 0 Å². The minimum Gasteiger partial charge on any atom is -0.495 e. The van der Waals surface area contributed by atoms with Crippen LogP contribution >= 0.6 is 27.5 Å². The second kappa shape index (κ2) is 11.2. The highest BCUT2D eigenvalue weighted by atomic mass is 79.9. The van der Waals surface area contributed by atoms with Gasteiger partial charge in [0.05, 0.1) is 19.2 Å². The van der Waals surface area contributed by atoms with E-state index in [-0.39, 0.29) is 5.91 Å². The highest BCUT2D eigenvalue weighted by molar-refractivity contribution is 9.10. The molecule has 0 aromatic heterocycles. The van der Waals surface area contributed by atoms with Crippen molar-refractivity contribution >= 4 is 39.1 Å². The summed E-state index contributed by atoms with van der Waals surface area (Å²) in [7, 11) is 3.54. The molecule has 0 saturated carbocycles. The summed E-state index contributed by atoms with van der Waals surface area (Å²) in [6.45, 7) is 1.13. The van der Waals surface area contributed by atoms with Crippen LogP contribution in [0.2, 0.25) is 5.02 Å². The van der Waals surface area contributed by atoms with Gasteiger partial charge in [-0.1, -0.05) is 57.9 Å². The summed E-state index contributed by atoms with van der Waals surface area (Å²) < 4.78 is 12.0. The van der Waals surface area contributed by atoms with Crippen LogP contribution in [-0.2, 0) is 4.79 Å². The van der Waals surface area contributed by atoms with Crippen LogP contribution in [0.15, 0.2) is 77.3 Å². The number of carbonyl (C=O) groups excluding carboxylic acids is 1. The number of amides is 1. The fraction of sp³-hybridized carbons (Fsp3) is 0.208. The van der Waals surface area contributed by atoms with Gasteiger partial charge in [0, 0.05) is 15.7 Å². The molecule has 2 N–H and O–H groups in total. The lowest BCUT2D eigenvalue weighted by atomic mass is 10.0. The van der Waals surface area contributed by atoms with Crippen LogP contribution in [0, 0.1) is 0 Å². The van der Waals surface area contributed by atoms with Crippen LogP contribution in [0.5, 0.6) is 11.5 Å². The number of benzene rings is 3. The first-order chi connectivity index (χ1) is 15.0. The van der Waals surface area contributed by atoms with Crippen molar-refractivity contribution in [3.8, 4) is 11.5 Å². The van der Waals surface area contributed by atoms with E-state index in [2.05, 4.69) is 21.2 Å². The molecule has 0 heterocycles. The SMILES string of the molecule is COc1ccc(NC(=O)[C@@H](c2ccccc2)[NH+](C)CCOc2ccc(Br)cc2)cc1Cl. The third-order valence-corrected chi connectivity index (χ3v) is 5.71. The van der Waals surface area contributed by atoms with E-state index in [4.69, 9.17) is 21.1 Å². The van der Waals surface area contributed by atoms with Crippen molar-refractivity contribution in [2.24, 2.45) is 0 Å². The minimum atomic E-state index is -0.407. The number of hydrogen-bond acceptors (Lipinski definition) is 3. The van der Waals surface area contributed by atoms with E-state index in [0.717, 1.165) is 20.7 Å². The molecule has 0 radical (unpaired) electrons. The Labute approximate surface area is 196 Å². The predicted molar refractivity (Wildman–Crippen MR) is 127 cm³/mol. The van der Waals surface area contributed by atoms with Crippen molar-refractivity contribution < 1.29 is 19.2 Å². The summed E-state index contributed by atoms with van der Waals surface area (Å²) in [5, 5.41) is 3.43. The summed E-state index contributed by atoms with van der Waals surface area (Å²) in [5.74, 6) is 1.24. The highest BCUT2D eigenvalue weighted by Gasteiger charge is 2.29. The Hall–Kier alpha value is -2.54. The van der Waals surface area contributed by atoms with E-state index >= 15 is 0 Å². The molecule has 5 nitrogen and oxygen atoms in total. The van der Waals surface area contributed by atoms with Crippen molar-refractivity contribution in [3.63, 3.8) is 0 Å². The Kier molecular flexibility index (Phi) is 8.35. The second-order valence-electron chi connectivity index (χ2n) is 7.08. The van der Waals surface area contributed by atoms with Crippen molar-refractivity contribution in [1.82, 2.24) is 0 Å². The maximum Gasteiger partial charge on any atom is 0.287 e. The van der Waals surface area contributed by atoms with E-state index in [1.807, 2.05) is 61.6 Å². The first-order valence-electron chi connectivity index (χ1n) is 9.88. The summed E-state index contributed by atoms with van der Waals surface area (Å²) in [6.07, 6.45) is 0. The molecule has 2 atom stereocenters. The van der Waals surface area contributed by atoms with E-state index in [1.165, 1.54) is 0 Å². The lowest BCUT2D eigenvalue weighted by Gasteiger charge is -2.25. The Morgan fingerprint density at radius 2 is 1.81 bits per heavy atom.